The quantitative estimate of drug-likeness (QED) is 0.126. The molecular weight excluding hydrogens is 570 g/mol. The molecule has 0 aliphatic carbocycles. The van der Waals surface area contributed by atoms with Gasteiger partial charge in [0.1, 0.15) is 18.8 Å². The molecular formula is C29H43NO13. The van der Waals surface area contributed by atoms with Crippen LogP contribution in [-0.4, -0.2) is 114 Å². The normalized spacial score (nSPS) is 21.5. The van der Waals surface area contributed by atoms with Crippen LogP contribution in [0.3, 0.4) is 0 Å². The summed E-state index contributed by atoms with van der Waals surface area (Å²) in [7, 11) is 0. The van der Waals surface area contributed by atoms with Crippen molar-refractivity contribution in [3.05, 3.63) is 35.9 Å². The monoisotopic (exact) mass is 613 g/mol. The summed E-state index contributed by atoms with van der Waals surface area (Å²) in [6, 6.07) is 8.86. The SMILES string of the molecule is CC(=O)N[C@H]1[C@H](OCCOCCOCCOCCOCc2ccccc2)O[C@H](COC(C)=O)[C@H](OC(C)=O)[C@@H]1OC(C)=O. The number of ether oxygens (including phenoxy) is 9. The molecule has 1 aromatic carbocycles. The van der Waals surface area contributed by atoms with Crippen LogP contribution in [0.15, 0.2) is 30.3 Å². The van der Waals surface area contributed by atoms with Crippen LogP contribution in [-0.2, 0) is 68.4 Å². The van der Waals surface area contributed by atoms with E-state index >= 15 is 0 Å². The molecule has 2 rings (SSSR count). The van der Waals surface area contributed by atoms with E-state index in [4.69, 9.17) is 42.6 Å². The number of benzene rings is 1. The molecule has 1 aliphatic rings. The minimum Gasteiger partial charge on any atom is -0.463 e. The van der Waals surface area contributed by atoms with Gasteiger partial charge in [-0.3, -0.25) is 19.2 Å². The van der Waals surface area contributed by atoms with Crippen molar-refractivity contribution in [2.24, 2.45) is 0 Å². The van der Waals surface area contributed by atoms with Gasteiger partial charge in [0.2, 0.25) is 5.91 Å². The fourth-order valence-corrected chi connectivity index (χ4v) is 4.08. The zero-order valence-corrected chi connectivity index (χ0v) is 25.2. The van der Waals surface area contributed by atoms with Crippen molar-refractivity contribution >= 4 is 23.8 Å². The molecule has 0 spiro atoms. The summed E-state index contributed by atoms with van der Waals surface area (Å²) in [4.78, 5) is 47.1. The van der Waals surface area contributed by atoms with Crippen LogP contribution in [0.1, 0.15) is 33.3 Å². The highest BCUT2D eigenvalue weighted by atomic mass is 16.7. The summed E-state index contributed by atoms with van der Waals surface area (Å²) in [5, 5.41) is 2.63. The average Bonchev–Trinajstić information content (AvgIpc) is 2.94. The Morgan fingerprint density at radius 3 is 1.77 bits per heavy atom. The number of amides is 1. The van der Waals surface area contributed by atoms with Crippen LogP contribution in [0.2, 0.25) is 0 Å². The lowest BCUT2D eigenvalue weighted by molar-refractivity contribution is -0.279. The molecule has 0 radical (unpaired) electrons. The minimum atomic E-state index is -1.18. The molecule has 14 nitrogen and oxygen atoms in total. The van der Waals surface area contributed by atoms with Crippen molar-refractivity contribution in [2.45, 2.75) is 64.9 Å². The summed E-state index contributed by atoms with van der Waals surface area (Å²) >= 11 is 0. The van der Waals surface area contributed by atoms with E-state index in [0.29, 0.717) is 46.2 Å². The molecule has 0 unspecified atom stereocenters. The Morgan fingerprint density at radius 2 is 1.23 bits per heavy atom. The van der Waals surface area contributed by atoms with E-state index in [1.54, 1.807) is 0 Å². The first-order valence-corrected chi connectivity index (χ1v) is 14.0. The van der Waals surface area contributed by atoms with E-state index in [2.05, 4.69) is 5.32 Å². The molecule has 242 valence electrons. The van der Waals surface area contributed by atoms with Crippen LogP contribution < -0.4 is 5.32 Å². The van der Waals surface area contributed by atoms with Crippen molar-refractivity contribution in [3.63, 3.8) is 0 Å². The molecule has 5 atom stereocenters. The Labute approximate surface area is 251 Å². The number of nitrogens with one attached hydrogen (secondary N) is 1. The molecule has 1 fully saturated rings. The average molecular weight is 614 g/mol. The Bertz CT molecular complexity index is 976. The largest absolute Gasteiger partial charge is 0.463 e. The first-order valence-electron chi connectivity index (χ1n) is 14.0. The van der Waals surface area contributed by atoms with Gasteiger partial charge in [-0.2, -0.15) is 0 Å². The minimum absolute atomic E-state index is 0.0398. The van der Waals surface area contributed by atoms with Gasteiger partial charge in [0.15, 0.2) is 18.5 Å². The van der Waals surface area contributed by atoms with E-state index in [9.17, 15) is 19.2 Å². The van der Waals surface area contributed by atoms with E-state index in [0.717, 1.165) is 5.56 Å². The van der Waals surface area contributed by atoms with Crippen molar-refractivity contribution in [1.29, 1.82) is 0 Å². The second-order valence-electron chi connectivity index (χ2n) is 9.47. The molecule has 0 bridgehead atoms. The van der Waals surface area contributed by atoms with Gasteiger partial charge in [-0.05, 0) is 5.56 Å². The lowest BCUT2D eigenvalue weighted by Gasteiger charge is -2.44. The van der Waals surface area contributed by atoms with Gasteiger partial charge in [0.05, 0.1) is 59.5 Å². The second kappa shape index (κ2) is 20.7. The second-order valence-corrected chi connectivity index (χ2v) is 9.47. The fraction of sp³-hybridized carbons (Fsp3) is 0.655. The smallest absolute Gasteiger partial charge is 0.303 e. The van der Waals surface area contributed by atoms with Crippen molar-refractivity contribution in [3.8, 4) is 0 Å². The first kappa shape index (κ1) is 36.1. The standard InChI is InChI=1S/C29H43NO13/c1-20(31)30-26-28(42-23(4)34)27(41-22(3)33)25(19-40-21(2)32)43-29(26)39-17-16-37-13-12-35-10-11-36-14-15-38-18-24-8-6-5-7-9-24/h5-9,25-29H,10-19H2,1-4H3,(H,30,31)/t25-,26-,27+,28-,29-/m1/s1. The zero-order chi connectivity index (χ0) is 31.5. The molecule has 14 heteroatoms. The Hall–Kier alpha value is -3.14. The Morgan fingerprint density at radius 1 is 0.698 bits per heavy atom. The topological polar surface area (TPSA) is 163 Å². The number of hydrogen-bond acceptors (Lipinski definition) is 13. The van der Waals surface area contributed by atoms with Gasteiger partial charge >= 0.3 is 17.9 Å². The van der Waals surface area contributed by atoms with Gasteiger partial charge in [0, 0.05) is 27.7 Å². The molecule has 1 heterocycles. The zero-order valence-electron chi connectivity index (χ0n) is 25.2. The van der Waals surface area contributed by atoms with Crippen LogP contribution in [0, 0.1) is 0 Å². The molecule has 0 aromatic heterocycles. The lowest BCUT2D eigenvalue weighted by Crippen LogP contribution is -2.66. The van der Waals surface area contributed by atoms with Gasteiger partial charge in [0.25, 0.3) is 0 Å². The number of esters is 3. The molecule has 1 amide bonds. The fourth-order valence-electron chi connectivity index (χ4n) is 4.08. The maximum atomic E-state index is 12.0. The van der Waals surface area contributed by atoms with Gasteiger partial charge < -0.3 is 47.9 Å². The third kappa shape index (κ3) is 15.2. The number of carbonyl (C=O) groups is 4. The summed E-state index contributed by atoms with van der Waals surface area (Å²) in [6.07, 6.45) is -4.55. The molecule has 1 aromatic rings. The summed E-state index contributed by atoms with van der Waals surface area (Å²) in [5.41, 5.74) is 1.11. The molecule has 1 saturated heterocycles. The van der Waals surface area contributed by atoms with Crippen molar-refractivity contribution < 1.29 is 61.8 Å². The summed E-state index contributed by atoms with van der Waals surface area (Å²) < 4.78 is 49.6. The van der Waals surface area contributed by atoms with Crippen LogP contribution >= 0.6 is 0 Å². The predicted molar refractivity (Wildman–Crippen MR) is 149 cm³/mol. The Balaban J connectivity index is 1.72. The lowest BCUT2D eigenvalue weighted by atomic mass is 9.96. The van der Waals surface area contributed by atoms with E-state index in [-0.39, 0.29) is 19.8 Å². The van der Waals surface area contributed by atoms with Gasteiger partial charge in [-0.1, -0.05) is 30.3 Å². The molecule has 1 N–H and O–H groups in total. The number of rotatable bonds is 20. The van der Waals surface area contributed by atoms with Crippen molar-refractivity contribution in [1.82, 2.24) is 5.32 Å². The maximum Gasteiger partial charge on any atom is 0.303 e. The third-order valence-electron chi connectivity index (χ3n) is 5.81. The highest BCUT2D eigenvalue weighted by Gasteiger charge is 2.51. The van der Waals surface area contributed by atoms with Crippen LogP contribution in [0.5, 0.6) is 0 Å². The van der Waals surface area contributed by atoms with Crippen LogP contribution in [0.4, 0.5) is 0 Å². The van der Waals surface area contributed by atoms with E-state index in [1.807, 2.05) is 30.3 Å². The van der Waals surface area contributed by atoms with E-state index in [1.165, 1.54) is 27.7 Å². The Kier molecular flexibility index (Phi) is 17.4. The van der Waals surface area contributed by atoms with Gasteiger partial charge in [-0.15, -0.1) is 0 Å². The summed E-state index contributed by atoms with van der Waals surface area (Å²) in [6.45, 7) is 7.66. The van der Waals surface area contributed by atoms with Crippen molar-refractivity contribution in [2.75, 3.05) is 59.5 Å². The number of carbonyl (C=O) groups excluding carboxylic acids is 4. The number of hydrogen-bond donors (Lipinski definition) is 1. The summed E-state index contributed by atoms with van der Waals surface area (Å²) in [5.74, 6) is -2.42. The van der Waals surface area contributed by atoms with Gasteiger partial charge in [-0.25, -0.2) is 0 Å². The maximum absolute atomic E-state index is 12.0. The predicted octanol–water partition coefficient (Wildman–Crippen LogP) is 0.926. The first-order chi connectivity index (χ1) is 20.7. The molecule has 0 saturated carbocycles. The molecule has 43 heavy (non-hydrogen) atoms. The van der Waals surface area contributed by atoms with Crippen LogP contribution in [0.25, 0.3) is 0 Å². The third-order valence-corrected chi connectivity index (χ3v) is 5.81. The molecule has 1 aliphatic heterocycles. The highest BCUT2D eigenvalue weighted by molar-refractivity contribution is 5.73. The van der Waals surface area contributed by atoms with E-state index < -0.39 is 54.5 Å². The highest BCUT2D eigenvalue weighted by Crippen LogP contribution is 2.28.